The quantitative estimate of drug-likeness (QED) is 0.675. The molecule has 13 heavy (non-hydrogen) atoms. The molecular formula is C9H6ClNO2. The Morgan fingerprint density at radius 1 is 1.31 bits per heavy atom. The molecule has 1 aromatic carbocycles. The zero-order chi connectivity index (χ0) is 9.42. The Morgan fingerprint density at radius 3 is 2.77 bits per heavy atom. The van der Waals surface area contributed by atoms with Gasteiger partial charge in [-0.1, -0.05) is 23.7 Å². The molecule has 0 unspecified atom stereocenters. The summed E-state index contributed by atoms with van der Waals surface area (Å²) in [6.07, 6.45) is 0. The zero-order valence-electron chi connectivity index (χ0n) is 6.54. The number of nitrogens with one attached hydrogen (secondary N) is 1. The fraction of sp³-hybridized carbons (Fsp3) is 0. The topological polar surface area (TPSA) is 53.1 Å². The first-order valence-corrected chi connectivity index (χ1v) is 4.07. The Balaban J connectivity index is 3.02. The van der Waals surface area contributed by atoms with Crippen molar-refractivity contribution >= 4 is 22.5 Å². The predicted molar refractivity (Wildman–Crippen MR) is 51.2 cm³/mol. The third kappa shape index (κ3) is 1.17. The number of fused-ring (bicyclic) bond motifs is 1. The maximum atomic E-state index is 11.1. The van der Waals surface area contributed by atoms with Gasteiger partial charge in [0.05, 0.1) is 5.52 Å². The van der Waals surface area contributed by atoms with Crippen LogP contribution >= 0.6 is 11.6 Å². The normalized spacial score (nSPS) is 10.5. The third-order valence-corrected chi connectivity index (χ3v) is 2.19. The molecule has 4 heteroatoms. The number of pyridine rings is 1. The van der Waals surface area contributed by atoms with E-state index in [1.807, 2.05) is 0 Å². The molecule has 0 saturated carbocycles. The Hall–Kier alpha value is -1.48. The molecule has 0 aliphatic rings. The molecule has 2 N–H and O–H groups in total. The van der Waals surface area contributed by atoms with Crippen molar-refractivity contribution in [1.82, 2.24) is 4.98 Å². The van der Waals surface area contributed by atoms with Crippen molar-refractivity contribution in [2.24, 2.45) is 0 Å². The van der Waals surface area contributed by atoms with E-state index in [0.717, 1.165) is 0 Å². The van der Waals surface area contributed by atoms with Crippen molar-refractivity contribution in [3.8, 4) is 5.75 Å². The highest BCUT2D eigenvalue weighted by molar-refractivity contribution is 6.32. The van der Waals surface area contributed by atoms with Crippen LogP contribution in [-0.4, -0.2) is 10.1 Å². The van der Waals surface area contributed by atoms with Gasteiger partial charge < -0.3 is 10.1 Å². The third-order valence-electron chi connectivity index (χ3n) is 1.84. The summed E-state index contributed by atoms with van der Waals surface area (Å²) >= 11 is 5.56. The molecule has 3 nitrogen and oxygen atoms in total. The lowest BCUT2D eigenvalue weighted by Crippen LogP contribution is -2.05. The monoisotopic (exact) mass is 195 g/mol. The van der Waals surface area contributed by atoms with E-state index in [0.29, 0.717) is 10.9 Å². The summed E-state index contributed by atoms with van der Waals surface area (Å²) in [6, 6.07) is 6.92. The molecule has 0 spiro atoms. The van der Waals surface area contributed by atoms with E-state index in [1.54, 1.807) is 24.3 Å². The lowest BCUT2D eigenvalue weighted by molar-refractivity contribution is 0.481. The van der Waals surface area contributed by atoms with E-state index in [1.165, 1.54) is 0 Å². The van der Waals surface area contributed by atoms with Gasteiger partial charge in [-0.05, 0) is 12.1 Å². The standard InChI is InChI=1S/C9H6ClNO2/c10-7-8(12)5-3-1-2-4-6(5)11-9(7)13/h1-4H,(H2,11,12,13). The van der Waals surface area contributed by atoms with Crippen LogP contribution in [-0.2, 0) is 0 Å². The molecule has 0 fully saturated rings. The average Bonchev–Trinajstić information content (AvgIpc) is 2.15. The maximum Gasteiger partial charge on any atom is 0.271 e. The minimum atomic E-state index is -0.474. The van der Waals surface area contributed by atoms with Crippen LogP contribution in [0.2, 0.25) is 5.02 Å². The average molecular weight is 196 g/mol. The predicted octanol–water partition coefficient (Wildman–Crippen LogP) is 1.89. The summed E-state index contributed by atoms with van der Waals surface area (Å²) in [5.74, 6) is -0.166. The second kappa shape index (κ2) is 2.78. The fourth-order valence-corrected chi connectivity index (χ4v) is 1.35. The molecule has 0 radical (unpaired) electrons. The van der Waals surface area contributed by atoms with Crippen LogP contribution in [0.25, 0.3) is 10.9 Å². The van der Waals surface area contributed by atoms with Gasteiger partial charge in [-0.15, -0.1) is 0 Å². The van der Waals surface area contributed by atoms with E-state index >= 15 is 0 Å². The minimum absolute atomic E-state index is 0.166. The number of hydrogen-bond acceptors (Lipinski definition) is 2. The number of benzene rings is 1. The van der Waals surface area contributed by atoms with E-state index in [4.69, 9.17) is 11.6 Å². The van der Waals surface area contributed by atoms with Crippen LogP contribution in [0.15, 0.2) is 29.1 Å². The number of aromatic hydroxyl groups is 1. The van der Waals surface area contributed by atoms with E-state index in [2.05, 4.69) is 4.98 Å². The Labute approximate surface area is 78.6 Å². The lowest BCUT2D eigenvalue weighted by atomic mass is 10.2. The second-order valence-electron chi connectivity index (χ2n) is 2.66. The van der Waals surface area contributed by atoms with Crippen LogP contribution in [0.1, 0.15) is 0 Å². The van der Waals surface area contributed by atoms with Crippen LogP contribution in [0.5, 0.6) is 5.75 Å². The zero-order valence-corrected chi connectivity index (χ0v) is 7.30. The van der Waals surface area contributed by atoms with Gasteiger partial charge in [-0.25, -0.2) is 0 Å². The van der Waals surface area contributed by atoms with Crippen LogP contribution in [0, 0.1) is 0 Å². The van der Waals surface area contributed by atoms with Gasteiger partial charge in [-0.3, -0.25) is 4.79 Å². The molecule has 0 bridgehead atoms. The minimum Gasteiger partial charge on any atom is -0.505 e. The molecule has 0 aliphatic carbocycles. The largest absolute Gasteiger partial charge is 0.505 e. The number of rotatable bonds is 0. The van der Waals surface area contributed by atoms with Crippen LogP contribution < -0.4 is 5.56 Å². The van der Waals surface area contributed by atoms with Crippen molar-refractivity contribution in [3.05, 3.63) is 39.6 Å². The van der Waals surface area contributed by atoms with Gasteiger partial charge in [0.1, 0.15) is 10.8 Å². The van der Waals surface area contributed by atoms with Crippen molar-refractivity contribution in [2.75, 3.05) is 0 Å². The molecule has 1 aromatic heterocycles. The molecular weight excluding hydrogens is 190 g/mol. The van der Waals surface area contributed by atoms with Gasteiger partial charge in [0, 0.05) is 5.39 Å². The number of aromatic nitrogens is 1. The van der Waals surface area contributed by atoms with E-state index in [-0.39, 0.29) is 10.8 Å². The highest BCUT2D eigenvalue weighted by Gasteiger charge is 2.07. The summed E-state index contributed by atoms with van der Waals surface area (Å²) in [5, 5.41) is 9.87. The van der Waals surface area contributed by atoms with Gasteiger partial charge in [-0.2, -0.15) is 0 Å². The van der Waals surface area contributed by atoms with E-state index < -0.39 is 5.56 Å². The van der Waals surface area contributed by atoms with Gasteiger partial charge in [0.2, 0.25) is 0 Å². The summed E-state index contributed by atoms with van der Waals surface area (Å²) in [6.45, 7) is 0. The molecule has 0 aliphatic heterocycles. The molecule has 1 heterocycles. The second-order valence-corrected chi connectivity index (χ2v) is 3.04. The number of halogens is 1. The lowest BCUT2D eigenvalue weighted by Gasteiger charge is -2.00. The van der Waals surface area contributed by atoms with Gasteiger partial charge in [0.15, 0.2) is 0 Å². The molecule has 0 amide bonds. The highest BCUT2D eigenvalue weighted by atomic mass is 35.5. The van der Waals surface area contributed by atoms with Gasteiger partial charge >= 0.3 is 0 Å². The number of para-hydroxylation sites is 1. The van der Waals surface area contributed by atoms with Crippen LogP contribution in [0.4, 0.5) is 0 Å². The molecule has 0 saturated heterocycles. The number of H-pyrrole nitrogens is 1. The smallest absolute Gasteiger partial charge is 0.271 e. The summed E-state index contributed by atoms with van der Waals surface area (Å²) in [5.41, 5.74) is 0.104. The van der Waals surface area contributed by atoms with Crippen molar-refractivity contribution in [3.63, 3.8) is 0 Å². The first-order chi connectivity index (χ1) is 6.20. The highest BCUT2D eigenvalue weighted by Crippen LogP contribution is 2.27. The van der Waals surface area contributed by atoms with Crippen molar-refractivity contribution in [1.29, 1.82) is 0 Å². The summed E-state index contributed by atoms with van der Waals surface area (Å²) in [7, 11) is 0. The van der Waals surface area contributed by atoms with Gasteiger partial charge in [0.25, 0.3) is 5.56 Å². The number of hydrogen-bond donors (Lipinski definition) is 2. The Kier molecular flexibility index (Phi) is 1.74. The first kappa shape index (κ1) is 8.13. The molecule has 2 aromatic rings. The summed E-state index contributed by atoms with van der Waals surface area (Å²) in [4.78, 5) is 13.7. The molecule has 0 atom stereocenters. The maximum absolute atomic E-state index is 11.1. The Morgan fingerprint density at radius 2 is 2.00 bits per heavy atom. The Bertz CT molecular complexity index is 518. The van der Waals surface area contributed by atoms with E-state index in [9.17, 15) is 9.90 Å². The molecule has 2 rings (SSSR count). The summed E-state index contributed by atoms with van der Waals surface area (Å²) < 4.78 is 0. The first-order valence-electron chi connectivity index (χ1n) is 3.69. The molecule has 66 valence electrons. The number of aromatic amines is 1. The fourth-order valence-electron chi connectivity index (χ4n) is 1.20. The van der Waals surface area contributed by atoms with Crippen LogP contribution in [0.3, 0.4) is 0 Å². The SMILES string of the molecule is O=c1[nH]c2ccccc2c(O)c1Cl. The van der Waals surface area contributed by atoms with Crippen molar-refractivity contribution < 1.29 is 5.11 Å². The van der Waals surface area contributed by atoms with Crippen molar-refractivity contribution in [2.45, 2.75) is 0 Å².